The predicted molar refractivity (Wildman–Crippen MR) is 139 cm³/mol. The first-order valence-corrected chi connectivity index (χ1v) is 12.2. The average molecular weight is 489 g/mol. The Morgan fingerprint density at radius 1 is 0.943 bits per heavy atom. The average Bonchev–Trinajstić information content (AvgIpc) is 3.30. The molecule has 1 unspecified atom stereocenters. The number of hydrogen-bond donors (Lipinski definition) is 1. The third-order valence-electron chi connectivity index (χ3n) is 5.49. The van der Waals surface area contributed by atoms with E-state index in [4.69, 9.17) is 9.47 Å². The number of rotatable bonds is 9. The molecule has 0 spiro atoms. The maximum absolute atomic E-state index is 12.7. The molecule has 8 heteroatoms. The number of thioether (sulfide) groups is 1. The van der Waals surface area contributed by atoms with Gasteiger partial charge in [0.1, 0.15) is 11.5 Å². The second-order valence-electron chi connectivity index (χ2n) is 8.05. The van der Waals surface area contributed by atoms with E-state index in [9.17, 15) is 4.79 Å². The number of aromatic nitrogens is 3. The summed E-state index contributed by atoms with van der Waals surface area (Å²) >= 11 is 1.34. The van der Waals surface area contributed by atoms with Gasteiger partial charge in [-0.05, 0) is 68.3 Å². The Kier molecular flexibility index (Phi) is 7.72. The second kappa shape index (κ2) is 11.1. The van der Waals surface area contributed by atoms with Crippen molar-refractivity contribution in [3.05, 3.63) is 89.7 Å². The third kappa shape index (κ3) is 5.84. The van der Waals surface area contributed by atoms with Crippen LogP contribution in [0.15, 0.2) is 78.0 Å². The van der Waals surface area contributed by atoms with Crippen molar-refractivity contribution in [2.75, 3.05) is 18.2 Å². The first kappa shape index (κ1) is 24.3. The molecule has 0 aliphatic heterocycles. The van der Waals surface area contributed by atoms with Crippen LogP contribution in [0.4, 0.5) is 5.69 Å². The van der Waals surface area contributed by atoms with Gasteiger partial charge in [-0.1, -0.05) is 48.2 Å². The van der Waals surface area contributed by atoms with E-state index >= 15 is 0 Å². The van der Waals surface area contributed by atoms with Gasteiger partial charge in [-0.25, -0.2) is 0 Å². The number of hydrogen-bond acceptors (Lipinski definition) is 6. The van der Waals surface area contributed by atoms with E-state index in [-0.39, 0.29) is 17.8 Å². The smallest absolute Gasteiger partial charge is 0.234 e. The lowest BCUT2D eigenvalue weighted by molar-refractivity contribution is -0.113. The number of carbonyl (C=O) groups is 1. The molecule has 1 amide bonds. The summed E-state index contributed by atoms with van der Waals surface area (Å²) in [5, 5.41) is 12.5. The van der Waals surface area contributed by atoms with E-state index in [0.717, 1.165) is 28.3 Å². The molecule has 0 aliphatic rings. The summed E-state index contributed by atoms with van der Waals surface area (Å²) in [5.74, 6) is 2.20. The van der Waals surface area contributed by atoms with Gasteiger partial charge < -0.3 is 14.8 Å². The zero-order chi connectivity index (χ0) is 24.8. The van der Waals surface area contributed by atoms with Crippen molar-refractivity contribution in [1.82, 2.24) is 14.8 Å². The Balaban J connectivity index is 1.54. The molecule has 1 N–H and O–H groups in total. The molecule has 35 heavy (non-hydrogen) atoms. The SMILES string of the molecule is COc1ccc(OC(C)c2nnc(SCC(=O)Nc3c(C)cccc3C)n2-c2ccccc2)cc1. The molecule has 0 bridgehead atoms. The highest BCUT2D eigenvalue weighted by Gasteiger charge is 2.22. The van der Waals surface area contributed by atoms with Crippen LogP contribution in [0, 0.1) is 13.8 Å². The van der Waals surface area contributed by atoms with Gasteiger partial charge in [0.05, 0.1) is 12.9 Å². The van der Waals surface area contributed by atoms with E-state index in [1.165, 1.54) is 11.8 Å². The molecule has 0 fully saturated rings. The van der Waals surface area contributed by atoms with E-state index in [1.807, 2.05) is 98.1 Å². The summed E-state index contributed by atoms with van der Waals surface area (Å²) in [7, 11) is 1.63. The highest BCUT2D eigenvalue weighted by atomic mass is 32.2. The van der Waals surface area contributed by atoms with Crippen molar-refractivity contribution in [2.24, 2.45) is 0 Å². The largest absolute Gasteiger partial charge is 0.497 e. The van der Waals surface area contributed by atoms with Gasteiger partial charge in [0.15, 0.2) is 17.1 Å². The molecule has 0 radical (unpaired) electrons. The third-order valence-corrected chi connectivity index (χ3v) is 6.42. The number of nitrogens with zero attached hydrogens (tertiary/aromatic N) is 3. The van der Waals surface area contributed by atoms with Crippen LogP contribution in [0.3, 0.4) is 0 Å². The van der Waals surface area contributed by atoms with Crippen molar-refractivity contribution < 1.29 is 14.3 Å². The minimum atomic E-state index is -0.381. The lowest BCUT2D eigenvalue weighted by atomic mass is 10.1. The van der Waals surface area contributed by atoms with Gasteiger partial charge in [-0.15, -0.1) is 10.2 Å². The number of para-hydroxylation sites is 2. The number of aryl methyl sites for hydroxylation is 2. The fourth-order valence-electron chi connectivity index (χ4n) is 3.69. The van der Waals surface area contributed by atoms with Crippen LogP contribution in [0.25, 0.3) is 5.69 Å². The Hall–Kier alpha value is -3.78. The summed E-state index contributed by atoms with van der Waals surface area (Å²) in [6.07, 6.45) is -0.381. The first-order chi connectivity index (χ1) is 17.0. The highest BCUT2D eigenvalue weighted by molar-refractivity contribution is 7.99. The molecule has 3 aromatic carbocycles. The number of nitrogens with one attached hydrogen (secondary N) is 1. The molecular formula is C27H28N4O3S. The molecule has 7 nitrogen and oxygen atoms in total. The zero-order valence-electron chi connectivity index (χ0n) is 20.2. The molecular weight excluding hydrogens is 460 g/mol. The number of benzene rings is 3. The fourth-order valence-corrected chi connectivity index (χ4v) is 4.45. The van der Waals surface area contributed by atoms with Crippen LogP contribution >= 0.6 is 11.8 Å². The van der Waals surface area contributed by atoms with Gasteiger partial charge in [-0.3, -0.25) is 9.36 Å². The Labute approximate surface area is 209 Å². The molecule has 180 valence electrons. The summed E-state index contributed by atoms with van der Waals surface area (Å²) in [6, 6.07) is 23.2. The fraction of sp³-hybridized carbons (Fsp3) is 0.222. The van der Waals surface area contributed by atoms with Crippen molar-refractivity contribution in [1.29, 1.82) is 0 Å². The number of amides is 1. The minimum Gasteiger partial charge on any atom is -0.497 e. The van der Waals surface area contributed by atoms with Crippen LogP contribution in [0.2, 0.25) is 0 Å². The van der Waals surface area contributed by atoms with E-state index in [1.54, 1.807) is 7.11 Å². The van der Waals surface area contributed by atoms with Gasteiger partial charge in [0, 0.05) is 11.4 Å². The zero-order valence-corrected chi connectivity index (χ0v) is 21.0. The summed E-state index contributed by atoms with van der Waals surface area (Å²) in [5.41, 5.74) is 3.81. The number of carbonyl (C=O) groups excluding carboxylic acids is 1. The predicted octanol–water partition coefficient (Wildman–Crippen LogP) is 5.76. The monoisotopic (exact) mass is 488 g/mol. The summed E-state index contributed by atoms with van der Waals surface area (Å²) in [6.45, 7) is 5.90. The molecule has 1 aromatic heterocycles. The van der Waals surface area contributed by atoms with Crippen LogP contribution in [0.5, 0.6) is 11.5 Å². The van der Waals surface area contributed by atoms with E-state index in [2.05, 4.69) is 15.5 Å². The maximum Gasteiger partial charge on any atom is 0.234 e. The molecule has 4 aromatic rings. The standard InChI is InChI=1S/C27H28N4O3S/c1-18-9-8-10-19(2)25(18)28-24(32)17-35-27-30-29-26(31(27)21-11-6-5-7-12-21)20(3)34-23-15-13-22(33-4)14-16-23/h5-16,20H,17H2,1-4H3,(H,28,32). The van der Waals surface area contributed by atoms with Crippen molar-refractivity contribution in [3.8, 4) is 17.2 Å². The van der Waals surface area contributed by atoms with Crippen molar-refractivity contribution in [3.63, 3.8) is 0 Å². The number of methoxy groups -OCH3 is 1. The lowest BCUT2D eigenvalue weighted by Gasteiger charge is -2.17. The van der Waals surface area contributed by atoms with Crippen LogP contribution in [-0.4, -0.2) is 33.5 Å². The van der Waals surface area contributed by atoms with Gasteiger partial charge in [0.2, 0.25) is 5.91 Å². The topological polar surface area (TPSA) is 78.3 Å². The van der Waals surface area contributed by atoms with Gasteiger partial charge >= 0.3 is 0 Å². The molecule has 0 aliphatic carbocycles. The molecule has 1 heterocycles. The Morgan fingerprint density at radius 2 is 1.60 bits per heavy atom. The van der Waals surface area contributed by atoms with Gasteiger partial charge in [-0.2, -0.15) is 0 Å². The summed E-state index contributed by atoms with van der Waals surface area (Å²) < 4.78 is 13.3. The molecule has 1 atom stereocenters. The van der Waals surface area contributed by atoms with Crippen LogP contribution in [-0.2, 0) is 4.79 Å². The Bertz CT molecular complexity index is 1270. The lowest BCUT2D eigenvalue weighted by Crippen LogP contribution is -2.16. The van der Waals surface area contributed by atoms with E-state index < -0.39 is 0 Å². The molecule has 0 saturated carbocycles. The van der Waals surface area contributed by atoms with E-state index in [0.29, 0.717) is 16.7 Å². The number of ether oxygens (including phenoxy) is 2. The van der Waals surface area contributed by atoms with Crippen molar-refractivity contribution in [2.45, 2.75) is 32.0 Å². The maximum atomic E-state index is 12.7. The molecule has 4 rings (SSSR count). The molecule has 0 saturated heterocycles. The van der Waals surface area contributed by atoms with Crippen LogP contribution < -0.4 is 14.8 Å². The normalized spacial score (nSPS) is 11.7. The number of anilines is 1. The first-order valence-electron chi connectivity index (χ1n) is 11.3. The van der Waals surface area contributed by atoms with Crippen LogP contribution in [0.1, 0.15) is 30.0 Å². The summed E-state index contributed by atoms with van der Waals surface area (Å²) in [4.78, 5) is 12.7. The highest BCUT2D eigenvalue weighted by Crippen LogP contribution is 2.29. The Morgan fingerprint density at radius 3 is 2.26 bits per heavy atom. The van der Waals surface area contributed by atoms with Gasteiger partial charge in [0.25, 0.3) is 0 Å². The van der Waals surface area contributed by atoms with Crippen molar-refractivity contribution >= 4 is 23.4 Å². The second-order valence-corrected chi connectivity index (χ2v) is 8.99. The minimum absolute atomic E-state index is 0.0981. The quantitative estimate of drug-likeness (QED) is 0.302.